The largest absolute Gasteiger partial charge is 0.496 e. The molecular weight excluding hydrogens is 374 g/mol. The lowest BCUT2D eigenvalue weighted by atomic mass is 9.91. The number of aromatic carboxylic acids is 1. The van der Waals surface area contributed by atoms with Gasteiger partial charge in [0.1, 0.15) is 16.9 Å². The quantitative estimate of drug-likeness (QED) is 0.714. The first-order valence-electron chi connectivity index (χ1n) is 9.91. The van der Waals surface area contributed by atoms with Gasteiger partial charge in [0.2, 0.25) is 0 Å². The van der Waals surface area contributed by atoms with Crippen LogP contribution in [0.3, 0.4) is 0 Å². The van der Waals surface area contributed by atoms with Crippen molar-refractivity contribution < 1.29 is 24.2 Å². The van der Waals surface area contributed by atoms with Crippen LogP contribution in [0.15, 0.2) is 18.3 Å². The minimum Gasteiger partial charge on any atom is -0.496 e. The van der Waals surface area contributed by atoms with Gasteiger partial charge in [-0.05, 0) is 52.5 Å². The zero-order chi connectivity index (χ0) is 21.2. The third kappa shape index (κ3) is 5.26. The van der Waals surface area contributed by atoms with Gasteiger partial charge in [-0.15, -0.1) is 0 Å². The number of aromatic nitrogens is 2. The van der Waals surface area contributed by atoms with Gasteiger partial charge in [0.25, 0.3) is 0 Å². The Bertz CT molecular complexity index is 892. The van der Waals surface area contributed by atoms with Crippen molar-refractivity contribution in [3.8, 4) is 5.75 Å². The van der Waals surface area contributed by atoms with Gasteiger partial charge in [-0.25, -0.2) is 4.79 Å². The Labute approximate surface area is 170 Å². The number of carbonyl (C=O) groups excluding carboxylic acids is 1. The van der Waals surface area contributed by atoms with Gasteiger partial charge in [-0.1, -0.05) is 0 Å². The molecule has 1 heterocycles. The summed E-state index contributed by atoms with van der Waals surface area (Å²) in [5, 5.41) is 18.1. The molecule has 2 aromatic rings. The summed E-state index contributed by atoms with van der Waals surface area (Å²) in [6.07, 6.45) is 5.65. The number of nitrogens with one attached hydrogen (secondary N) is 1. The molecule has 1 saturated carbocycles. The maximum Gasteiger partial charge on any atom is 0.339 e. The lowest BCUT2D eigenvalue weighted by Gasteiger charge is -2.29. The summed E-state index contributed by atoms with van der Waals surface area (Å²) >= 11 is 0. The molecule has 1 aliphatic carbocycles. The lowest BCUT2D eigenvalue weighted by molar-refractivity contribution is -0.153. The molecule has 3 rings (SSSR count). The molecule has 1 aromatic heterocycles. The summed E-state index contributed by atoms with van der Waals surface area (Å²) < 4.78 is 12.4. The molecule has 158 valence electrons. The normalized spacial score (nSPS) is 19.9. The molecule has 1 aromatic carbocycles. The number of methoxy groups -OCH3 is 1. The first-order chi connectivity index (χ1) is 13.7. The lowest BCUT2D eigenvalue weighted by Crippen LogP contribution is -2.39. The second-order valence-corrected chi connectivity index (χ2v) is 8.50. The molecule has 1 fully saturated rings. The summed E-state index contributed by atoms with van der Waals surface area (Å²) in [6.45, 7) is 5.80. The highest BCUT2D eigenvalue weighted by Crippen LogP contribution is 2.31. The molecule has 0 radical (unpaired) electrons. The topological polar surface area (TPSA) is 103 Å². The number of carboxylic acids is 1. The van der Waals surface area contributed by atoms with Crippen LogP contribution in [0.4, 0.5) is 0 Å². The molecule has 0 saturated heterocycles. The summed E-state index contributed by atoms with van der Waals surface area (Å²) in [7, 11) is 1.45. The molecule has 0 unspecified atom stereocenters. The predicted molar refractivity (Wildman–Crippen MR) is 108 cm³/mol. The van der Waals surface area contributed by atoms with E-state index in [0.717, 1.165) is 36.6 Å². The van der Waals surface area contributed by atoms with Crippen LogP contribution in [-0.2, 0) is 9.53 Å². The van der Waals surface area contributed by atoms with Crippen molar-refractivity contribution in [2.24, 2.45) is 0 Å². The van der Waals surface area contributed by atoms with Gasteiger partial charge < -0.3 is 19.9 Å². The standard InChI is InChI=1S/C21H29N3O5/c1-21(2,3)29-19(25)11-22-14-5-7-15(8-6-14)24-12-13-9-16(20(26)27)18(28-4)10-17(13)23-24/h9-10,12,14-15,22H,5-8,11H2,1-4H3,(H,26,27). The molecular formula is C21H29N3O5. The van der Waals surface area contributed by atoms with Crippen LogP contribution >= 0.6 is 0 Å². The van der Waals surface area contributed by atoms with E-state index in [1.165, 1.54) is 7.11 Å². The van der Waals surface area contributed by atoms with Crippen LogP contribution in [0.25, 0.3) is 10.9 Å². The smallest absolute Gasteiger partial charge is 0.339 e. The number of ether oxygens (including phenoxy) is 2. The summed E-state index contributed by atoms with van der Waals surface area (Å²) in [5.41, 5.74) is 0.383. The van der Waals surface area contributed by atoms with Crippen molar-refractivity contribution >= 4 is 22.8 Å². The van der Waals surface area contributed by atoms with Gasteiger partial charge in [0.15, 0.2) is 0 Å². The van der Waals surface area contributed by atoms with Crippen LogP contribution in [-0.4, -0.2) is 52.1 Å². The molecule has 0 atom stereocenters. The van der Waals surface area contributed by atoms with Crippen LogP contribution in [0.5, 0.6) is 5.75 Å². The van der Waals surface area contributed by atoms with Gasteiger partial charge >= 0.3 is 11.9 Å². The molecule has 0 amide bonds. The first kappa shape index (κ1) is 21.1. The van der Waals surface area contributed by atoms with E-state index in [4.69, 9.17) is 9.47 Å². The Morgan fingerprint density at radius 2 is 1.93 bits per heavy atom. The van der Waals surface area contributed by atoms with E-state index in [0.29, 0.717) is 5.75 Å². The van der Waals surface area contributed by atoms with Crippen molar-refractivity contribution in [1.82, 2.24) is 15.1 Å². The minimum atomic E-state index is -1.02. The van der Waals surface area contributed by atoms with Crippen LogP contribution in [0.1, 0.15) is 62.9 Å². The Hall–Kier alpha value is -2.61. The number of benzene rings is 1. The van der Waals surface area contributed by atoms with E-state index < -0.39 is 11.6 Å². The molecule has 8 nitrogen and oxygen atoms in total. The summed E-state index contributed by atoms with van der Waals surface area (Å²) in [4.78, 5) is 23.3. The van der Waals surface area contributed by atoms with E-state index in [1.54, 1.807) is 12.1 Å². The summed E-state index contributed by atoms with van der Waals surface area (Å²) in [5.74, 6) is -0.945. The van der Waals surface area contributed by atoms with Crippen molar-refractivity contribution in [3.05, 3.63) is 23.9 Å². The number of hydrogen-bond donors (Lipinski definition) is 2. The van der Waals surface area contributed by atoms with Crippen molar-refractivity contribution in [2.75, 3.05) is 13.7 Å². The second kappa shape index (κ2) is 8.41. The number of hydrogen-bond acceptors (Lipinski definition) is 6. The van der Waals surface area contributed by atoms with E-state index in [-0.39, 0.29) is 30.2 Å². The molecule has 8 heteroatoms. The molecule has 0 spiro atoms. The van der Waals surface area contributed by atoms with Gasteiger partial charge in [-0.2, -0.15) is 5.10 Å². The van der Waals surface area contributed by atoms with Crippen molar-refractivity contribution in [2.45, 2.75) is 64.1 Å². The highest BCUT2D eigenvalue weighted by Gasteiger charge is 2.25. The van der Waals surface area contributed by atoms with Crippen LogP contribution in [0, 0.1) is 0 Å². The molecule has 29 heavy (non-hydrogen) atoms. The number of nitrogens with zero attached hydrogens (tertiary/aromatic N) is 2. The SMILES string of the molecule is COc1cc2nn(C3CCC(NCC(=O)OC(C)(C)C)CC3)cc2cc1C(=O)O. The Morgan fingerprint density at radius 1 is 1.24 bits per heavy atom. The zero-order valence-electron chi connectivity index (χ0n) is 17.4. The monoisotopic (exact) mass is 403 g/mol. The van der Waals surface area contributed by atoms with Gasteiger partial charge in [-0.3, -0.25) is 9.48 Å². The fourth-order valence-corrected chi connectivity index (χ4v) is 3.74. The molecule has 2 N–H and O–H groups in total. The van der Waals surface area contributed by atoms with E-state index in [1.807, 2.05) is 31.6 Å². The highest BCUT2D eigenvalue weighted by atomic mass is 16.6. The number of carbonyl (C=O) groups is 2. The third-order valence-electron chi connectivity index (χ3n) is 5.10. The van der Waals surface area contributed by atoms with Crippen molar-refractivity contribution in [1.29, 1.82) is 0 Å². The maximum atomic E-state index is 11.9. The van der Waals surface area contributed by atoms with E-state index in [2.05, 4.69) is 10.4 Å². The zero-order valence-corrected chi connectivity index (χ0v) is 17.4. The van der Waals surface area contributed by atoms with E-state index in [9.17, 15) is 14.7 Å². The average Bonchev–Trinajstić information content (AvgIpc) is 3.07. The number of esters is 1. The third-order valence-corrected chi connectivity index (χ3v) is 5.10. The Morgan fingerprint density at radius 3 is 2.52 bits per heavy atom. The number of rotatable bonds is 6. The average molecular weight is 403 g/mol. The first-order valence-corrected chi connectivity index (χ1v) is 9.91. The summed E-state index contributed by atoms with van der Waals surface area (Å²) in [6, 6.07) is 3.81. The number of carboxylic acid groups (broad SMARTS) is 1. The van der Waals surface area contributed by atoms with E-state index >= 15 is 0 Å². The predicted octanol–water partition coefficient (Wildman–Crippen LogP) is 3.16. The van der Waals surface area contributed by atoms with Gasteiger partial charge in [0, 0.05) is 23.7 Å². The molecule has 1 aliphatic rings. The van der Waals surface area contributed by atoms with Crippen molar-refractivity contribution in [3.63, 3.8) is 0 Å². The minimum absolute atomic E-state index is 0.134. The van der Waals surface area contributed by atoms with Gasteiger partial charge in [0.05, 0.1) is 25.2 Å². The fraction of sp³-hybridized carbons (Fsp3) is 0.571. The van der Waals surface area contributed by atoms with Crippen LogP contribution < -0.4 is 10.1 Å². The fourth-order valence-electron chi connectivity index (χ4n) is 3.74. The molecule has 0 aliphatic heterocycles. The number of fused-ring (bicyclic) bond motifs is 1. The molecule has 0 bridgehead atoms. The Balaban J connectivity index is 1.60. The second-order valence-electron chi connectivity index (χ2n) is 8.50. The maximum absolute atomic E-state index is 11.9. The van der Waals surface area contributed by atoms with Crippen LogP contribution in [0.2, 0.25) is 0 Å². The highest BCUT2D eigenvalue weighted by molar-refractivity contribution is 5.96. The Kier molecular flexibility index (Phi) is 6.12.